The van der Waals surface area contributed by atoms with Gasteiger partial charge in [0.15, 0.2) is 0 Å². The molecule has 35 heavy (non-hydrogen) atoms. The lowest BCUT2D eigenvalue weighted by Crippen LogP contribution is -2.58. The molecule has 2 aromatic carbocycles. The van der Waals surface area contributed by atoms with E-state index in [1.165, 1.54) is 12.0 Å². The number of carbonyl (C=O) groups is 4. The molecule has 3 amide bonds. The van der Waals surface area contributed by atoms with Crippen LogP contribution >= 0.6 is 0 Å². The van der Waals surface area contributed by atoms with Crippen molar-refractivity contribution in [3.63, 3.8) is 0 Å². The Bertz CT molecular complexity index is 1110. The summed E-state index contributed by atoms with van der Waals surface area (Å²) in [5.74, 6) is -3.13. The zero-order valence-corrected chi connectivity index (χ0v) is 20.3. The maximum atomic E-state index is 13.6. The molecule has 2 aromatic rings. The van der Waals surface area contributed by atoms with E-state index in [2.05, 4.69) is 5.32 Å². The third-order valence-corrected chi connectivity index (χ3v) is 7.25. The van der Waals surface area contributed by atoms with E-state index in [0.717, 1.165) is 5.56 Å². The number of nitrogens with one attached hydrogen (secondary N) is 1. The van der Waals surface area contributed by atoms with E-state index < -0.39 is 29.4 Å². The Hall–Kier alpha value is -3.52. The first kappa shape index (κ1) is 24.6. The zero-order chi connectivity index (χ0) is 25.2. The lowest BCUT2D eigenvalue weighted by molar-refractivity contribution is -0.154. The molecule has 8 nitrogen and oxygen atoms in total. The summed E-state index contributed by atoms with van der Waals surface area (Å²) in [6.07, 6.45) is 0.272. The van der Waals surface area contributed by atoms with Gasteiger partial charge in [-0.15, -0.1) is 0 Å². The van der Waals surface area contributed by atoms with Crippen molar-refractivity contribution >= 4 is 23.7 Å². The summed E-state index contributed by atoms with van der Waals surface area (Å²) < 4.78 is 5.11. The fourth-order valence-electron chi connectivity index (χ4n) is 5.46. The summed E-state index contributed by atoms with van der Waals surface area (Å²) in [7, 11) is 1.28. The summed E-state index contributed by atoms with van der Waals surface area (Å²) >= 11 is 0. The van der Waals surface area contributed by atoms with Crippen LogP contribution < -0.4 is 5.32 Å². The zero-order valence-electron chi connectivity index (χ0n) is 20.3. The monoisotopic (exact) mass is 477 g/mol. The van der Waals surface area contributed by atoms with Crippen molar-refractivity contribution in [1.29, 1.82) is 0 Å². The predicted octanol–water partition coefficient (Wildman–Crippen LogP) is 2.24. The molecule has 2 saturated heterocycles. The molecule has 2 heterocycles. The van der Waals surface area contributed by atoms with Crippen LogP contribution in [0.1, 0.15) is 36.2 Å². The Labute approximate surface area is 205 Å². The normalized spacial score (nSPS) is 25.5. The van der Waals surface area contributed by atoms with Gasteiger partial charge in [-0.1, -0.05) is 55.5 Å². The maximum absolute atomic E-state index is 13.6. The number of esters is 1. The lowest BCUT2D eigenvalue weighted by Gasteiger charge is -2.32. The van der Waals surface area contributed by atoms with Gasteiger partial charge >= 0.3 is 5.97 Å². The summed E-state index contributed by atoms with van der Waals surface area (Å²) in [5.41, 5.74) is 0.0312. The molecular weight excluding hydrogens is 446 g/mol. The van der Waals surface area contributed by atoms with Crippen molar-refractivity contribution < 1.29 is 23.9 Å². The van der Waals surface area contributed by atoms with Crippen LogP contribution in [-0.4, -0.2) is 65.3 Å². The molecule has 0 aliphatic carbocycles. The lowest BCUT2D eigenvalue weighted by atomic mass is 9.78. The SMILES string of the molecule is CCN(C[C@H]1N[C@@](CC)(C(=O)OC)[C@H]2C(=O)N(Cc3ccccc3)C(=O)[C@@H]12)C(=O)c1ccccc1. The Morgan fingerprint density at radius 3 is 2.20 bits per heavy atom. The number of ether oxygens (including phenoxy) is 1. The van der Waals surface area contributed by atoms with Crippen molar-refractivity contribution in [3.05, 3.63) is 71.8 Å². The third-order valence-electron chi connectivity index (χ3n) is 7.25. The number of likely N-dealkylation sites (N-methyl/N-ethyl adjacent to an activating group) is 1. The second-order valence-electron chi connectivity index (χ2n) is 9.03. The highest BCUT2D eigenvalue weighted by Gasteiger charge is 2.67. The molecule has 2 fully saturated rings. The smallest absolute Gasteiger partial charge is 0.326 e. The van der Waals surface area contributed by atoms with Gasteiger partial charge in [0.05, 0.1) is 25.5 Å². The number of fused-ring (bicyclic) bond motifs is 1. The van der Waals surface area contributed by atoms with Gasteiger partial charge in [0.2, 0.25) is 11.8 Å². The second-order valence-corrected chi connectivity index (χ2v) is 9.03. The number of carbonyl (C=O) groups excluding carboxylic acids is 4. The largest absolute Gasteiger partial charge is 0.468 e. The number of likely N-dealkylation sites (tertiary alicyclic amines) is 1. The van der Waals surface area contributed by atoms with Crippen LogP contribution in [0.25, 0.3) is 0 Å². The van der Waals surface area contributed by atoms with Gasteiger partial charge in [0.1, 0.15) is 5.54 Å². The van der Waals surface area contributed by atoms with Crippen LogP contribution in [0, 0.1) is 11.8 Å². The summed E-state index contributed by atoms with van der Waals surface area (Å²) in [5, 5.41) is 3.29. The number of benzene rings is 2. The molecule has 184 valence electrons. The molecule has 4 rings (SSSR count). The third kappa shape index (κ3) is 4.23. The maximum Gasteiger partial charge on any atom is 0.326 e. The van der Waals surface area contributed by atoms with Gasteiger partial charge in [-0.05, 0) is 31.0 Å². The van der Waals surface area contributed by atoms with Crippen LogP contribution in [0.3, 0.4) is 0 Å². The Balaban J connectivity index is 1.68. The van der Waals surface area contributed by atoms with Crippen LogP contribution in [0.15, 0.2) is 60.7 Å². The molecule has 8 heteroatoms. The van der Waals surface area contributed by atoms with Crippen molar-refractivity contribution in [2.75, 3.05) is 20.2 Å². The topological polar surface area (TPSA) is 96.0 Å². The van der Waals surface area contributed by atoms with Gasteiger partial charge < -0.3 is 9.64 Å². The fraction of sp³-hybridized carbons (Fsp3) is 0.407. The highest BCUT2D eigenvalue weighted by molar-refractivity contribution is 6.09. The quantitative estimate of drug-likeness (QED) is 0.463. The highest BCUT2D eigenvalue weighted by Crippen LogP contribution is 2.45. The van der Waals surface area contributed by atoms with Crippen LogP contribution in [-0.2, 0) is 25.7 Å². The minimum atomic E-state index is -1.34. The molecule has 0 spiro atoms. The van der Waals surface area contributed by atoms with E-state index in [1.807, 2.05) is 43.3 Å². The fourth-order valence-corrected chi connectivity index (χ4v) is 5.46. The number of hydrogen-bond donors (Lipinski definition) is 1. The molecule has 0 aromatic heterocycles. The minimum absolute atomic E-state index is 0.139. The van der Waals surface area contributed by atoms with Crippen molar-refractivity contribution in [3.8, 4) is 0 Å². The van der Waals surface area contributed by atoms with E-state index in [1.54, 1.807) is 36.1 Å². The van der Waals surface area contributed by atoms with Gasteiger partial charge in [-0.25, -0.2) is 0 Å². The molecule has 0 saturated carbocycles. The number of nitrogens with zero attached hydrogens (tertiary/aromatic N) is 2. The first-order valence-corrected chi connectivity index (χ1v) is 12.0. The Morgan fingerprint density at radius 2 is 1.63 bits per heavy atom. The average Bonchev–Trinajstić information content (AvgIpc) is 3.36. The standard InChI is InChI=1S/C27H31N3O5/c1-4-27(26(34)35-3)22-21(24(32)30(25(22)33)16-18-12-8-6-9-13-18)20(28-27)17-29(5-2)23(31)19-14-10-7-11-15-19/h6-15,20-22,28H,4-5,16-17H2,1-3H3/t20-,21+,22-,27-/m1/s1. The van der Waals surface area contributed by atoms with Gasteiger partial charge in [0.25, 0.3) is 5.91 Å². The van der Waals surface area contributed by atoms with E-state index in [9.17, 15) is 19.2 Å². The molecule has 4 atom stereocenters. The summed E-state index contributed by atoms with van der Waals surface area (Å²) in [4.78, 5) is 56.4. The summed E-state index contributed by atoms with van der Waals surface area (Å²) in [6.45, 7) is 4.40. The van der Waals surface area contributed by atoms with Crippen LogP contribution in [0.4, 0.5) is 0 Å². The molecule has 0 bridgehead atoms. The summed E-state index contributed by atoms with van der Waals surface area (Å²) in [6, 6.07) is 17.6. The highest BCUT2D eigenvalue weighted by atomic mass is 16.5. The molecule has 2 aliphatic heterocycles. The van der Waals surface area contributed by atoms with Gasteiger partial charge in [0, 0.05) is 24.7 Å². The molecular formula is C27H31N3O5. The molecule has 1 N–H and O–H groups in total. The molecule has 2 aliphatic rings. The van der Waals surface area contributed by atoms with Crippen LogP contribution in [0.2, 0.25) is 0 Å². The number of rotatable bonds is 8. The van der Waals surface area contributed by atoms with E-state index in [-0.39, 0.29) is 37.2 Å². The minimum Gasteiger partial charge on any atom is -0.468 e. The van der Waals surface area contributed by atoms with Crippen LogP contribution in [0.5, 0.6) is 0 Å². The second kappa shape index (κ2) is 10.00. The molecule has 0 radical (unpaired) electrons. The Morgan fingerprint density at radius 1 is 1.00 bits per heavy atom. The van der Waals surface area contributed by atoms with E-state index in [0.29, 0.717) is 12.1 Å². The number of hydrogen-bond acceptors (Lipinski definition) is 6. The number of methoxy groups -OCH3 is 1. The average molecular weight is 478 g/mol. The Kier molecular flexibility index (Phi) is 7.03. The van der Waals surface area contributed by atoms with Crippen molar-refractivity contribution in [2.45, 2.75) is 38.4 Å². The van der Waals surface area contributed by atoms with E-state index in [4.69, 9.17) is 4.74 Å². The van der Waals surface area contributed by atoms with Crippen molar-refractivity contribution in [2.24, 2.45) is 11.8 Å². The first-order chi connectivity index (χ1) is 16.9. The number of amides is 3. The number of imide groups is 1. The van der Waals surface area contributed by atoms with E-state index >= 15 is 0 Å². The van der Waals surface area contributed by atoms with Crippen molar-refractivity contribution in [1.82, 2.24) is 15.1 Å². The van der Waals surface area contributed by atoms with Gasteiger partial charge in [-0.2, -0.15) is 0 Å². The molecule has 0 unspecified atom stereocenters. The first-order valence-electron chi connectivity index (χ1n) is 12.0. The van der Waals surface area contributed by atoms with Gasteiger partial charge in [-0.3, -0.25) is 29.4 Å². The predicted molar refractivity (Wildman–Crippen MR) is 129 cm³/mol.